The molecule has 2 nitrogen and oxygen atoms in total. The normalized spacial score (nSPS) is 33.4. The van der Waals surface area contributed by atoms with E-state index in [1.165, 1.54) is 64.2 Å². The topological polar surface area (TPSA) is 29.1 Å². The number of rotatable bonds is 7. The average molecular weight is 300 g/mol. The van der Waals surface area contributed by atoms with E-state index in [4.69, 9.17) is 0 Å². The summed E-state index contributed by atoms with van der Waals surface area (Å²) in [5.74, 6) is 0.829. The Morgan fingerprint density at radius 1 is 1.05 bits per heavy atom. The Kier molecular flexibility index (Phi) is 7.03. The molecule has 0 heterocycles. The van der Waals surface area contributed by atoms with Gasteiger partial charge in [-0.3, -0.25) is 4.21 Å². The summed E-state index contributed by atoms with van der Waals surface area (Å²) in [5.41, 5.74) is 0. The van der Waals surface area contributed by atoms with Crippen LogP contribution in [0, 0.1) is 5.92 Å². The van der Waals surface area contributed by atoms with Crippen molar-refractivity contribution in [2.24, 2.45) is 5.92 Å². The molecule has 2 aliphatic carbocycles. The van der Waals surface area contributed by atoms with Gasteiger partial charge < -0.3 is 5.32 Å². The molecule has 0 amide bonds. The fraction of sp³-hybridized carbons (Fsp3) is 1.00. The van der Waals surface area contributed by atoms with E-state index in [9.17, 15) is 4.21 Å². The largest absolute Gasteiger partial charge is 0.313 e. The zero-order chi connectivity index (χ0) is 14.4. The summed E-state index contributed by atoms with van der Waals surface area (Å²) in [7, 11) is -0.602. The number of nitrogens with one attached hydrogen (secondary N) is 1. The van der Waals surface area contributed by atoms with E-state index >= 15 is 0 Å². The van der Waals surface area contributed by atoms with Crippen molar-refractivity contribution in [1.82, 2.24) is 5.32 Å². The molecule has 2 fully saturated rings. The average Bonchev–Trinajstić information content (AvgIpc) is 2.99. The summed E-state index contributed by atoms with van der Waals surface area (Å²) in [6.07, 6.45) is 12.6. The summed E-state index contributed by atoms with van der Waals surface area (Å²) in [6, 6.07) is 0.518. The minimum Gasteiger partial charge on any atom is -0.313 e. The van der Waals surface area contributed by atoms with Crippen molar-refractivity contribution < 1.29 is 4.21 Å². The molecule has 0 spiro atoms. The van der Waals surface area contributed by atoms with Gasteiger partial charge in [0.1, 0.15) is 0 Å². The van der Waals surface area contributed by atoms with Crippen LogP contribution in [0.25, 0.3) is 0 Å². The molecule has 118 valence electrons. The van der Waals surface area contributed by atoms with Gasteiger partial charge in [-0.15, -0.1) is 0 Å². The van der Waals surface area contributed by atoms with Crippen LogP contribution in [0.4, 0.5) is 0 Å². The van der Waals surface area contributed by atoms with Gasteiger partial charge in [0.25, 0.3) is 0 Å². The maximum absolute atomic E-state index is 13.0. The molecule has 20 heavy (non-hydrogen) atoms. The molecule has 0 aromatic carbocycles. The molecule has 0 aliphatic heterocycles. The van der Waals surface area contributed by atoms with Crippen LogP contribution in [0.2, 0.25) is 0 Å². The Labute approximate surface area is 127 Å². The van der Waals surface area contributed by atoms with Gasteiger partial charge in [0.15, 0.2) is 0 Å². The van der Waals surface area contributed by atoms with Gasteiger partial charge in [-0.05, 0) is 51.0 Å². The first-order valence-corrected chi connectivity index (χ1v) is 10.2. The highest BCUT2D eigenvalue weighted by Gasteiger charge is 2.37. The molecule has 0 aromatic rings. The molecule has 0 radical (unpaired) electrons. The smallest absolute Gasteiger partial charge is 0.0506 e. The van der Waals surface area contributed by atoms with Crippen molar-refractivity contribution in [1.29, 1.82) is 0 Å². The predicted octanol–water partition coefficient (Wildman–Crippen LogP) is 4.01. The van der Waals surface area contributed by atoms with Crippen molar-refractivity contribution in [3.63, 3.8) is 0 Å². The second kappa shape index (κ2) is 8.53. The molecule has 0 bridgehead atoms. The lowest BCUT2D eigenvalue weighted by molar-refractivity contribution is 0.283. The van der Waals surface area contributed by atoms with Crippen LogP contribution in [0.1, 0.15) is 78.1 Å². The third-order valence-corrected chi connectivity index (χ3v) is 7.43. The van der Waals surface area contributed by atoms with E-state index < -0.39 is 10.8 Å². The minimum atomic E-state index is -0.602. The van der Waals surface area contributed by atoms with Gasteiger partial charge in [0, 0.05) is 22.1 Å². The van der Waals surface area contributed by atoms with Crippen LogP contribution >= 0.6 is 0 Å². The predicted molar refractivity (Wildman–Crippen MR) is 88.5 cm³/mol. The Morgan fingerprint density at radius 2 is 1.80 bits per heavy atom. The quantitative estimate of drug-likeness (QED) is 0.769. The van der Waals surface area contributed by atoms with E-state index in [2.05, 4.69) is 19.2 Å². The van der Waals surface area contributed by atoms with Crippen molar-refractivity contribution >= 4 is 10.8 Å². The van der Waals surface area contributed by atoms with Crippen LogP contribution in [0.15, 0.2) is 0 Å². The first-order valence-electron chi connectivity index (χ1n) is 8.89. The molecular weight excluding hydrogens is 266 g/mol. The maximum Gasteiger partial charge on any atom is 0.0506 e. The lowest BCUT2D eigenvalue weighted by Gasteiger charge is -2.37. The molecule has 3 heteroatoms. The van der Waals surface area contributed by atoms with Crippen LogP contribution in [0.5, 0.6) is 0 Å². The van der Waals surface area contributed by atoms with Crippen LogP contribution in [-0.2, 0) is 10.8 Å². The molecule has 0 aromatic heterocycles. The molecule has 2 aliphatic rings. The Morgan fingerprint density at radius 3 is 2.45 bits per heavy atom. The van der Waals surface area contributed by atoms with E-state index in [1.54, 1.807) is 0 Å². The summed E-state index contributed by atoms with van der Waals surface area (Å²) in [6.45, 7) is 5.59. The third kappa shape index (κ3) is 4.30. The van der Waals surface area contributed by atoms with Gasteiger partial charge in [-0.25, -0.2) is 0 Å². The molecular formula is C17H33NOS. The fourth-order valence-corrected chi connectivity index (χ4v) is 6.38. The maximum atomic E-state index is 13.0. The molecule has 2 rings (SSSR count). The second-order valence-electron chi connectivity index (χ2n) is 6.80. The monoisotopic (exact) mass is 299 g/mol. The Balaban J connectivity index is 1.98. The highest BCUT2D eigenvalue weighted by molar-refractivity contribution is 7.86. The first kappa shape index (κ1) is 16.5. The fourth-order valence-electron chi connectivity index (χ4n) is 4.07. The van der Waals surface area contributed by atoms with Gasteiger partial charge in [-0.2, -0.15) is 0 Å². The van der Waals surface area contributed by atoms with Gasteiger partial charge in [-0.1, -0.05) is 39.5 Å². The van der Waals surface area contributed by atoms with E-state index in [0.717, 1.165) is 12.5 Å². The summed E-state index contributed by atoms with van der Waals surface area (Å²) >= 11 is 0. The van der Waals surface area contributed by atoms with Gasteiger partial charge in [0.05, 0.1) is 5.25 Å². The molecule has 4 atom stereocenters. The standard InChI is InChI=1S/C17H33NOS/c1-3-7-14-10-11-16(18-12-4-2)17(13-14)20(19)15-8-5-6-9-15/h14-18H,3-13H2,1-2H3. The highest BCUT2D eigenvalue weighted by Crippen LogP contribution is 2.35. The lowest BCUT2D eigenvalue weighted by Crippen LogP contribution is -2.48. The van der Waals surface area contributed by atoms with Crippen molar-refractivity contribution in [2.75, 3.05) is 6.54 Å². The zero-order valence-electron chi connectivity index (χ0n) is 13.4. The van der Waals surface area contributed by atoms with Gasteiger partial charge in [0.2, 0.25) is 0 Å². The first-order chi connectivity index (χ1) is 9.76. The van der Waals surface area contributed by atoms with Crippen LogP contribution in [-0.4, -0.2) is 27.3 Å². The van der Waals surface area contributed by atoms with E-state index in [0.29, 0.717) is 16.5 Å². The highest BCUT2D eigenvalue weighted by atomic mass is 32.2. The molecule has 1 N–H and O–H groups in total. The van der Waals surface area contributed by atoms with E-state index in [-0.39, 0.29) is 0 Å². The van der Waals surface area contributed by atoms with Crippen LogP contribution in [0.3, 0.4) is 0 Å². The third-order valence-electron chi connectivity index (χ3n) is 5.18. The van der Waals surface area contributed by atoms with Gasteiger partial charge >= 0.3 is 0 Å². The Bertz CT molecular complexity index is 301. The van der Waals surface area contributed by atoms with E-state index in [1.807, 2.05) is 0 Å². The van der Waals surface area contributed by atoms with Crippen molar-refractivity contribution in [3.8, 4) is 0 Å². The summed E-state index contributed by atoms with van der Waals surface area (Å²) < 4.78 is 13.0. The van der Waals surface area contributed by atoms with Crippen LogP contribution < -0.4 is 5.32 Å². The zero-order valence-corrected chi connectivity index (χ0v) is 14.2. The minimum absolute atomic E-state index is 0.426. The Hall–Kier alpha value is 0.110. The lowest BCUT2D eigenvalue weighted by atomic mass is 9.83. The molecule has 0 saturated heterocycles. The molecule has 4 unspecified atom stereocenters. The van der Waals surface area contributed by atoms with Crippen molar-refractivity contribution in [3.05, 3.63) is 0 Å². The SMILES string of the molecule is CCCNC1CCC(CCC)CC1S(=O)C1CCCC1. The van der Waals surface area contributed by atoms with Crippen molar-refractivity contribution in [2.45, 2.75) is 94.6 Å². The second-order valence-corrected chi connectivity index (χ2v) is 8.73. The summed E-state index contributed by atoms with van der Waals surface area (Å²) in [5, 5.41) is 4.63. The number of hydrogen-bond donors (Lipinski definition) is 1. The molecule has 2 saturated carbocycles. The number of hydrogen-bond acceptors (Lipinski definition) is 2. The summed E-state index contributed by atoms with van der Waals surface area (Å²) in [4.78, 5) is 0.